The molecular formula is C21H15N2NaO7S. The molecule has 5 N–H and O–H groups in total. The van der Waals surface area contributed by atoms with Crippen molar-refractivity contribution in [3.8, 4) is 0 Å². The number of anilines is 3. The van der Waals surface area contributed by atoms with Crippen molar-refractivity contribution < 1.29 is 32.5 Å². The van der Waals surface area contributed by atoms with E-state index in [0.29, 0.717) is 5.69 Å². The molecular weight excluding hydrogens is 447 g/mol. The van der Waals surface area contributed by atoms with Crippen LogP contribution in [0.1, 0.15) is 42.2 Å². The maximum atomic E-state index is 13.2. The maximum absolute atomic E-state index is 13.2. The zero-order valence-corrected chi connectivity index (χ0v) is 16.4. The molecule has 0 amide bonds. The number of rotatable bonds is 4. The molecule has 0 spiro atoms. The Morgan fingerprint density at radius 1 is 0.906 bits per heavy atom. The van der Waals surface area contributed by atoms with Gasteiger partial charge in [-0.2, -0.15) is 8.42 Å². The Hall–Kier alpha value is -3.02. The van der Waals surface area contributed by atoms with E-state index in [1.165, 1.54) is 36.4 Å². The molecule has 158 valence electrons. The molecule has 0 radical (unpaired) electrons. The first-order chi connectivity index (χ1) is 14.6. The molecule has 0 heterocycles. The summed E-state index contributed by atoms with van der Waals surface area (Å²) in [5.41, 5.74) is 5.36. The Kier molecular flexibility index (Phi) is 6.27. The van der Waals surface area contributed by atoms with E-state index < -0.39 is 38.2 Å². The second kappa shape index (κ2) is 8.49. The molecule has 0 atom stereocenters. The number of fused-ring (bicyclic) bond motifs is 2. The number of aromatic carboxylic acids is 1. The average molecular weight is 462 g/mol. The SMILES string of the molecule is Nc1c(S(=O)(=O)O)cc(Nc2ccc(C(=O)O)cc2)c2c1C(=O)c1ccccc1C2=O.[NaH]. The van der Waals surface area contributed by atoms with Crippen LogP contribution < -0.4 is 11.1 Å². The predicted molar refractivity (Wildman–Crippen MR) is 118 cm³/mol. The van der Waals surface area contributed by atoms with Crippen molar-refractivity contribution >= 4 is 74.3 Å². The molecule has 1 aliphatic carbocycles. The van der Waals surface area contributed by atoms with Crippen LogP contribution in [0.25, 0.3) is 0 Å². The van der Waals surface area contributed by atoms with Gasteiger partial charge in [0.25, 0.3) is 10.1 Å². The number of carbonyl (C=O) groups is 3. The fourth-order valence-electron chi connectivity index (χ4n) is 3.46. The number of hydrogen-bond donors (Lipinski definition) is 4. The summed E-state index contributed by atoms with van der Waals surface area (Å²) in [6.45, 7) is 0. The number of ketones is 2. The van der Waals surface area contributed by atoms with Gasteiger partial charge in [-0.3, -0.25) is 14.1 Å². The first kappa shape index (κ1) is 23.6. The van der Waals surface area contributed by atoms with E-state index in [-0.39, 0.29) is 63.1 Å². The van der Waals surface area contributed by atoms with Crippen molar-refractivity contribution in [1.82, 2.24) is 0 Å². The third-order valence-electron chi connectivity index (χ3n) is 4.89. The summed E-state index contributed by atoms with van der Waals surface area (Å²) in [5, 5.41) is 11.8. The summed E-state index contributed by atoms with van der Waals surface area (Å²) in [5.74, 6) is -2.34. The van der Waals surface area contributed by atoms with E-state index in [1.54, 1.807) is 12.1 Å². The van der Waals surface area contributed by atoms with Crippen LogP contribution in [-0.2, 0) is 10.1 Å². The number of nitrogens with one attached hydrogen (secondary N) is 1. The Bertz CT molecular complexity index is 1400. The third-order valence-corrected chi connectivity index (χ3v) is 5.78. The quantitative estimate of drug-likeness (QED) is 0.202. The molecule has 3 aromatic carbocycles. The zero-order chi connectivity index (χ0) is 22.5. The van der Waals surface area contributed by atoms with E-state index in [2.05, 4.69) is 5.32 Å². The summed E-state index contributed by atoms with van der Waals surface area (Å²) in [4.78, 5) is 36.6. The Morgan fingerprint density at radius 3 is 1.94 bits per heavy atom. The number of carbonyl (C=O) groups excluding carboxylic acids is 2. The van der Waals surface area contributed by atoms with Crippen LogP contribution in [0.2, 0.25) is 0 Å². The van der Waals surface area contributed by atoms with Crippen molar-refractivity contribution in [2.45, 2.75) is 4.90 Å². The van der Waals surface area contributed by atoms with Crippen molar-refractivity contribution in [3.05, 3.63) is 82.4 Å². The van der Waals surface area contributed by atoms with E-state index in [0.717, 1.165) is 6.07 Å². The van der Waals surface area contributed by atoms with Gasteiger partial charge >= 0.3 is 35.5 Å². The molecule has 3 aromatic rings. The van der Waals surface area contributed by atoms with E-state index in [1.807, 2.05) is 0 Å². The molecule has 11 heteroatoms. The van der Waals surface area contributed by atoms with Gasteiger partial charge in [0.2, 0.25) is 0 Å². The fourth-order valence-corrected chi connectivity index (χ4v) is 4.10. The van der Waals surface area contributed by atoms with Crippen LogP contribution in [0.15, 0.2) is 59.5 Å². The molecule has 0 fully saturated rings. The summed E-state index contributed by atoms with van der Waals surface area (Å²) in [6.07, 6.45) is 0. The number of nitrogens with two attached hydrogens (primary N) is 1. The van der Waals surface area contributed by atoms with Gasteiger partial charge in [-0.15, -0.1) is 0 Å². The summed E-state index contributed by atoms with van der Waals surface area (Å²) in [7, 11) is -4.82. The first-order valence-electron chi connectivity index (χ1n) is 8.82. The predicted octanol–water partition coefficient (Wildman–Crippen LogP) is 2.08. The van der Waals surface area contributed by atoms with Gasteiger partial charge in [-0.25, -0.2) is 4.79 Å². The Balaban J connectivity index is 0.00000289. The van der Waals surface area contributed by atoms with Gasteiger partial charge in [0.15, 0.2) is 11.6 Å². The molecule has 0 unspecified atom stereocenters. The van der Waals surface area contributed by atoms with E-state index in [9.17, 15) is 27.4 Å². The fraction of sp³-hybridized carbons (Fsp3) is 0. The summed E-state index contributed by atoms with van der Waals surface area (Å²) >= 11 is 0. The summed E-state index contributed by atoms with van der Waals surface area (Å²) < 4.78 is 33.4. The number of carboxylic acids is 1. The molecule has 0 aliphatic heterocycles. The van der Waals surface area contributed by atoms with Crippen LogP contribution in [0.3, 0.4) is 0 Å². The summed E-state index contributed by atoms with van der Waals surface area (Å²) in [6, 6.07) is 12.4. The second-order valence-electron chi connectivity index (χ2n) is 6.77. The van der Waals surface area contributed by atoms with Crippen LogP contribution in [0, 0.1) is 0 Å². The van der Waals surface area contributed by atoms with Gasteiger partial charge in [-0.1, -0.05) is 24.3 Å². The molecule has 1 aliphatic rings. The molecule has 0 bridgehead atoms. The number of nitrogen functional groups attached to an aromatic ring is 1. The second-order valence-corrected chi connectivity index (χ2v) is 8.16. The third kappa shape index (κ3) is 3.94. The van der Waals surface area contributed by atoms with Gasteiger partial charge in [0, 0.05) is 16.8 Å². The Labute approximate surface area is 204 Å². The van der Waals surface area contributed by atoms with Gasteiger partial charge in [0.05, 0.1) is 28.1 Å². The van der Waals surface area contributed by atoms with Crippen LogP contribution >= 0.6 is 0 Å². The van der Waals surface area contributed by atoms with Crippen molar-refractivity contribution in [3.63, 3.8) is 0 Å². The van der Waals surface area contributed by atoms with E-state index >= 15 is 0 Å². The number of hydrogen-bond acceptors (Lipinski definition) is 7. The van der Waals surface area contributed by atoms with E-state index in [4.69, 9.17) is 10.8 Å². The minimum atomic E-state index is -4.82. The normalized spacial score (nSPS) is 12.4. The number of carboxylic acid groups (broad SMARTS) is 1. The molecule has 0 aromatic heterocycles. The van der Waals surface area contributed by atoms with Crippen molar-refractivity contribution in [2.24, 2.45) is 0 Å². The first-order valence-corrected chi connectivity index (χ1v) is 10.3. The number of benzene rings is 3. The van der Waals surface area contributed by atoms with Crippen molar-refractivity contribution in [1.29, 1.82) is 0 Å². The van der Waals surface area contributed by atoms with Crippen LogP contribution in [0.4, 0.5) is 17.1 Å². The van der Waals surface area contributed by atoms with Gasteiger partial charge in [0.1, 0.15) is 4.90 Å². The minimum absolute atomic E-state index is 0. The zero-order valence-electron chi connectivity index (χ0n) is 15.6. The molecule has 9 nitrogen and oxygen atoms in total. The topological polar surface area (TPSA) is 164 Å². The average Bonchev–Trinajstić information content (AvgIpc) is 2.72. The van der Waals surface area contributed by atoms with Crippen molar-refractivity contribution in [2.75, 3.05) is 11.1 Å². The van der Waals surface area contributed by atoms with Gasteiger partial charge in [-0.05, 0) is 30.3 Å². The monoisotopic (exact) mass is 462 g/mol. The molecule has 4 rings (SSSR count). The molecule has 0 saturated carbocycles. The standard InChI is InChI=1S/C21H14N2O7S.Na.H/c22-18-15(31(28,29)30)9-14(23-11-7-5-10(6-8-11)21(26)27)16-17(18)20(25)13-4-2-1-3-12(13)19(16)24;;/h1-9,23H,22H2,(H,26,27)(H,28,29,30);;. The Morgan fingerprint density at radius 2 is 1.44 bits per heavy atom. The molecule has 0 saturated heterocycles. The van der Waals surface area contributed by atoms with Crippen LogP contribution in [0.5, 0.6) is 0 Å². The van der Waals surface area contributed by atoms with Gasteiger partial charge < -0.3 is 16.2 Å². The molecule has 32 heavy (non-hydrogen) atoms. The van der Waals surface area contributed by atoms with Crippen LogP contribution in [-0.4, -0.2) is 65.2 Å².